The van der Waals surface area contributed by atoms with Crippen molar-refractivity contribution in [2.75, 3.05) is 25.1 Å². The normalized spacial score (nSPS) is 23.1. The third-order valence-electron chi connectivity index (χ3n) is 6.03. The average Bonchev–Trinajstić information content (AvgIpc) is 2.88. The maximum Gasteiger partial charge on any atom is 0.352 e. The summed E-state index contributed by atoms with van der Waals surface area (Å²) in [6.07, 6.45) is 5.09. The van der Waals surface area contributed by atoms with E-state index < -0.39 is 23.3 Å². The molecule has 5 N–H and O–H groups in total. The highest BCUT2D eigenvalue weighted by molar-refractivity contribution is 8.00. The van der Waals surface area contributed by atoms with Crippen molar-refractivity contribution >= 4 is 70.3 Å². The standard InChI is InChI=1S/C24H26Cl2N6O4S2/c1-12-29-17(27)9-18(28-2)31(12)7-3-4-13-10-38-23-20(22(34)32(23)21(13)24(35)36)30-19(33)11-37-16-8-14(25)5-6-15(16)26/h3-6,8-9,12,20,23,28H,7,10-11H2,1-2H3,(H2,27,29)(H,30,33)(H,35,36)/b4-3+/t12?,20-,23-/m1/s1. The molecule has 1 aromatic carbocycles. The van der Waals surface area contributed by atoms with Crippen LogP contribution in [-0.4, -0.2) is 81.2 Å². The number of rotatable bonds is 9. The number of aliphatic imine (C=N–C) groups is 1. The molecule has 4 rings (SSSR count). The van der Waals surface area contributed by atoms with Crippen LogP contribution < -0.4 is 16.4 Å². The number of nitrogens with two attached hydrogens (primary N) is 1. The summed E-state index contributed by atoms with van der Waals surface area (Å²) in [4.78, 5) is 45.8. The molecule has 3 aliphatic rings. The van der Waals surface area contributed by atoms with Gasteiger partial charge in [-0.05, 0) is 30.7 Å². The number of amidine groups is 1. The third-order valence-corrected chi connectivity index (χ3v) is 9.06. The first-order valence-corrected chi connectivity index (χ1v) is 14.3. The summed E-state index contributed by atoms with van der Waals surface area (Å²) in [7, 11) is 1.78. The molecular formula is C24H26Cl2N6O4S2. The van der Waals surface area contributed by atoms with Gasteiger partial charge in [-0.1, -0.05) is 35.4 Å². The Balaban J connectivity index is 1.40. The molecule has 10 nitrogen and oxygen atoms in total. The van der Waals surface area contributed by atoms with Gasteiger partial charge < -0.3 is 26.4 Å². The van der Waals surface area contributed by atoms with E-state index in [-0.39, 0.29) is 23.5 Å². The van der Waals surface area contributed by atoms with Crippen molar-refractivity contribution in [1.82, 2.24) is 20.4 Å². The molecule has 14 heteroatoms. The lowest BCUT2D eigenvalue weighted by Crippen LogP contribution is -2.70. The van der Waals surface area contributed by atoms with Gasteiger partial charge in [-0.3, -0.25) is 14.5 Å². The maximum absolute atomic E-state index is 12.9. The second-order valence-electron chi connectivity index (χ2n) is 8.52. The summed E-state index contributed by atoms with van der Waals surface area (Å²) in [5, 5.41) is 16.2. The van der Waals surface area contributed by atoms with Crippen molar-refractivity contribution in [3.63, 3.8) is 0 Å². The van der Waals surface area contributed by atoms with Crippen molar-refractivity contribution < 1.29 is 19.5 Å². The highest BCUT2D eigenvalue weighted by atomic mass is 35.5. The number of allylic oxidation sites excluding steroid dienone is 1. The number of carbonyl (C=O) groups excluding carboxylic acids is 2. The number of carboxylic acid groups (broad SMARTS) is 1. The fraction of sp³-hybridized carbons (Fsp3) is 0.333. The largest absolute Gasteiger partial charge is 0.477 e. The highest BCUT2D eigenvalue weighted by Crippen LogP contribution is 2.41. The van der Waals surface area contributed by atoms with Crippen LogP contribution in [0.4, 0.5) is 0 Å². The van der Waals surface area contributed by atoms with Gasteiger partial charge >= 0.3 is 5.97 Å². The van der Waals surface area contributed by atoms with E-state index in [1.54, 1.807) is 37.4 Å². The van der Waals surface area contributed by atoms with Gasteiger partial charge in [-0.2, -0.15) is 0 Å². The van der Waals surface area contributed by atoms with E-state index in [0.29, 0.717) is 38.6 Å². The number of benzene rings is 1. The Morgan fingerprint density at radius 2 is 2.13 bits per heavy atom. The third kappa shape index (κ3) is 5.93. The molecule has 1 fully saturated rings. The second kappa shape index (κ2) is 11.9. The summed E-state index contributed by atoms with van der Waals surface area (Å²) in [5.74, 6) is -0.377. The summed E-state index contributed by atoms with van der Waals surface area (Å²) in [6, 6.07) is 4.17. The van der Waals surface area contributed by atoms with Crippen LogP contribution in [0.2, 0.25) is 10.0 Å². The number of β-lactam (4-membered cyclic amide) rings is 1. The summed E-state index contributed by atoms with van der Waals surface area (Å²) >= 11 is 14.7. The number of nitrogens with one attached hydrogen (secondary N) is 2. The first kappa shape index (κ1) is 28.2. The predicted octanol–water partition coefficient (Wildman–Crippen LogP) is 2.46. The molecule has 0 aromatic heterocycles. The summed E-state index contributed by atoms with van der Waals surface area (Å²) in [6.45, 7) is 2.36. The van der Waals surface area contributed by atoms with Crippen molar-refractivity contribution in [2.45, 2.75) is 29.4 Å². The van der Waals surface area contributed by atoms with Crippen LogP contribution in [0.1, 0.15) is 6.92 Å². The Morgan fingerprint density at radius 1 is 1.37 bits per heavy atom. The van der Waals surface area contributed by atoms with Crippen molar-refractivity contribution in [2.24, 2.45) is 10.7 Å². The lowest BCUT2D eigenvalue weighted by Gasteiger charge is -2.49. The smallest absolute Gasteiger partial charge is 0.352 e. The first-order valence-electron chi connectivity index (χ1n) is 11.5. The molecule has 1 saturated heterocycles. The fourth-order valence-electron chi connectivity index (χ4n) is 4.24. The molecule has 1 aromatic rings. The number of halogens is 2. The molecule has 202 valence electrons. The quantitative estimate of drug-likeness (QED) is 0.250. The van der Waals surface area contributed by atoms with Gasteiger partial charge in [0, 0.05) is 35.3 Å². The van der Waals surface area contributed by atoms with E-state index in [2.05, 4.69) is 15.6 Å². The van der Waals surface area contributed by atoms with Crippen LogP contribution in [-0.2, 0) is 14.4 Å². The zero-order chi connectivity index (χ0) is 27.6. The van der Waals surface area contributed by atoms with Crippen LogP contribution in [0, 0.1) is 0 Å². The van der Waals surface area contributed by atoms with E-state index in [9.17, 15) is 19.5 Å². The molecular weight excluding hydrogens is 571 g/mol. The molecule has 0 spiro atoms. The molecule has 3 aliphatic heterocycles. The van der Waals surface area contributed by atoms with Gasteiger partial charge in [0.2, 0.25) is 5.91 Å². The van der Waals surface area contributed by atoms with Gasteiger partial charge in [-0.15, -0.1) is 23.5 Å². The molecule has 0 radical (unpaired) electrons. The number of carbonyl (C=O) groups is 3. The summed E-state index contributed by atoms with van der Waals surface area (Å²) in [5.41, 5.74) is 6.28. The van der Waals surface area contributed by atoms with Crippen molar-refractivity contribution in [1.29, 1.82) is 0 Å². The minimum absolute atomic E-state index is 0.0323. The van der Waals surface area contributed by atoms with Gasteiger partial charge in [0.15, 0.2) is 0 Å². The van der Waals surface area contributed by atoms with E-state index in [0.717, 1.165) is 5.82 Å². The zero-order valence-electron chi connectivity index (χ0n) is 20.5. The number of hydrogen-bond acceptors (Lipinski definition) is 9. The topological polar surface area (TPSA) is 140 Å². The minimum atomic E-state index is -1.20. The number of fused-ring (bicyclic) bond motifs is 1. The molecule has 38 heavy (non-hydrogen) atoms. The lowest BCUT2D eigenvalue weighted by molar-refractivity contribution is -0.150. The van der Waals surface area contributed by atoms with Gasteiger partial charge in [0.25, 0.3) is 5.91 Å². The Morgan fingerprint density at radius 3 is 2.84 bits per heavy atom. The number of amides is 2. The van der Waals surface area contributed by atoms with Crippen LogP contribution in [0.15, 0.2) is 63.4 Å². The second-order valence-corrected chi connectivity index (χ2v) is 11.5. The SMILES string of the molecule is CNC1=CC(N)=NC(C)N1C/C=C/C1=C(C(=O)O)N2C(=O)[C@@H](NC(=O)CSc3cc(Cl)ccc3Cl)[C@H]2SC1. The van der Waals surface area contributed by atoms with E-state index in [4.69, 9.17) is 28.9 Å². The molecule has 0 aliphatic carbocycles. The fourth-order valence-corrected chi connectivity index (χ4v) is 6.86. The number of nitrogens with zero attached hydrogens (tertiary/aromatic N) is 3. The van der Waals surface area contributed by atoms with E-state index in [1.165, 1.54) is 28.4 Å². The lowest BCUT2D eigenvalue weighted by atomic mass is 10.0. The number of aliphatic carboxylic acids is 1. The molecule has 1 unspecified atom stereocenters. The van der Waals surface area contributed by atoms with Crippen LogP contribution in [0.25, 0.3) is 0 Å². The summed E-state index contributed by atoms with van der Waals surface area (Å²) < 4.78 is 0. The predicted molar refractivity (Wildman–Crippen MR) is 151 cm³/mol. The first-order chi connectivity index (χ1) is 18.1. The van der Waals surface area contributed by atoms with Crippen molar-refractivity contribution in [3.8, 4) is 0 Å². The van der Waals surface area contributed by atoms with Gasteiger partial charge in [-0.25, -0.2) is 9.79 Å². The monoisotopic (exact) mass is 596 g/mol. The molecule has 3 heterocycles. The number of thioether (sulfide) groups is 2. The number of carboxylic acids is 1. The van der Waals surface area contributed by atoms with Crippen molar-refractivity contribution in [3.05, 3.63) is 63.6 Å². The Labute approximate surface area is 238 Å². The Kier molecular flexibility index (Phi) is 8.86. The van der Waals surface area contributed by atoms with E-state index in [1.807, 2.05) is 17.9 Å². The number of hydrogen-bond donors (Lipinski definition) is 4. The van der Waals surface area contributed by atoms with Crippen LogP contribution in [0.5, 0.6) is 0 Å². The van der Waals surface area contributed by atoms with Gasteiger partial charge in [0.1, 0.15) is 34.9 Å². The zero-order valence-corrected chi connectivity index (χ0v) is 23.6. The average molecular weight is 598 g/mol. The van der Waals surface area contributed by atoms with Crippen LogP contribution in [0.3, 0.4) is 0 Å². The Bertz CT molecular complexity index is 1280. The highest BCUT2D eigenvalue weighted by Gasteiger charge is 2.53. The Hall–Kier alpha value is -2.80. The molecule has 0 bridgehead atoms. The van der Waals surface area contributed by atoms with E-state index >= 15 is 0 Å². The van der Waals surface area contributed by atoms with Gasteiger partial charge in [0.05, 0.1) is 10.8 Å². The molecule has 0 saturated carbocycles. The molecule has 3 atom stereocenters. The molecule has 2 amide bonds. The van der Waals surface area contributed by atoms with Crippen LogP contribution >= 0.6 is 46.7 Å². The maximum atomic E-state index is 12.9. The minimum Gasteiger partial charge on any atom is -0.477 e.